The van der Waals surface area contributed by atoms with Gasteiger partial charge in [-0.25, -0.2) is 4.68 Å². The minimum absolute atomic E-state index is 0.0585. The van der Waals surface area contributed by atoms with Crippen molar-refractivity contribution < 1.29 is 4.79 Å². The molecule has 0 saturated carbocycles. The number of thioether (sulfide) groups is 1. The fourth-order valence-electron chi connectivity index (χ4n) is 2.07. The van der Waals surface area contributed by atoms with E-state index >= 15 is 0 Å². The summed E-state index contributed by atoms with van der Waals surface area (Å²) in [6.45, 7) is 10.2. The molecule has 0 bridgehead atoms. The SMILES string of the molecule is C=CCn1c(CC)nnc1SCC(=O)n1nc(C)cc1C. The van der Waals surface area contributed by atoms with E-state index in [1.165, 1.54) is 16.4 Å². The number of carbonyl (C=O) groups is 1. The van der Waals surface area contributed by atoms with Crippen molar-refractivity contribution in [2.75, 3.05) is 5.75 Å². The van der Waals surface area contributed by atoms with Gasteiger partial charge in [-0.3, -0.25) is 4.79 Å². The normalized spacial score (nSPS) is 10.8. The molecule has 112 valence electrons. The van der Waals surface area contributed by atoms with Crippen LogP contribution in [-0.4, -0.2) is 36.2 Å². The molecule has 6 nitrogen and oxygen atoms in total. The first-order valence-electron chi connectivity index (χ1n) is 6.79. The molecule has 0 saturated heterocycles. The predicted octanol–water partition coefficient (Wildman–Crippen LogP) is 2.27. The number of rotatable bonds is 6. The lowest BCUT2D eigenvalue weighted by Crippen LogP contribution is -2.17. The van der Waals surface area contributed by atoms with Gasteiger partial charge in [0.05, 0.1) is 11.4 Å². The van der Waals surface area contributed by atoms with Crippen LogP contribution in [0.4, 0.5) is 0 Å². The first-order chi connectivity index (χ1) is 10.1. The molecular formula is C14H19N5OS. The van der Waals surface area contributed by atoms with Crippen LogP contribution in [0, 0.1) is 13.8 Å². The van der Waals surface area contributed by atoms with Crippen molar-refractivity contribution in [3.05, 3.63) is 35.9 Å². The van der Waals surface area contributed by atoms with Gasteiger partial charge in [-0.2, -0.15) is 5.10 Å². The van der Waals surface area contributed by atoms with Crippen molar-refractivity contribution in [3.8, 4) is 0 Å². The monoisotopic (exact) mass is 305 g/mol. The summed E-state index contributed by atoms with van der Waals surface area (Å²) in [5.41, 5.74) is 1.69. The molecule has 2 heterocycles. The van der Waals surface area contributed by atoms with Crippen LogP contribution in [0.15, 0.2) is 23.9 Å². The van der Waals surface area contributed by atoms with Crippen LogP contribution in [0.2, 0.25) is 0 Å². The molecule has 0 radical (unpaired) electrons. The first kappa shape index (κ1) is 15.5. The van der Waals surface area contributed by atoms with E-state index in [4.69, 9.17) is 0 Å². The quantitative estimate of drug-likeness (QED) is 0.605. The van der Waals surface area contributed by atoms with E-state index in [9.17, 15) is 4.79 Å². The maximum atomic E-state index is 12.2. The number of hydrogen-bond donors (Lipinski definition) is 0. The highest BCUT2D eigenvalue weighted by atomic mass is 32.2. The summed E-state index contributed by atoms with van der Waals surface area (Å²) < 4.78 is 3.42. The molecule has 7 heteroatoms. The van der Waals surface area contributed by atoms with Gasteiger partial charge in [0, 0.05) is 18.7 Å². The van der Waals surface area contributed by atoms with E-state index in [0.29, 0.717) is 6.54 Å². The summed E-state index contributed by atoms with van der Waals surface area (Å²) in [5.74, 6) is 1.12. The number of aromatic nitrogens is 5. The van der Waals surface area contributed by atoms with Gasteiger partial charge in [-0.05, 0) is 19.9 Å². The zero-order valence-corrected chi connectivity index (χ0v) is 13.4. The van der Waals surface area contributed by atoms with Crippen molar-refractivity contribution in [2.24, 2.45) is 0 Å². The fourth-order valence-corrected chi connectivity index (χ4v) is 2.88. The van der Waals surface area contributed by atoms with E-state index in [0.717, 1.165) is 28.8 Å². The van der Waals surface area contributed by atoms with E-state index in [1.54, 1.807) is 6.08 Å². The maximum absolute atomic E-state index is 12.2. The summed E-state index contributed by atoms with van der Waals surface area (Å²) in [6, 6.07) is 1.89. The summed E-state index contributed by atoms with van der Waals surface area (Å²) in [4.78, 5) is 12.2. The molecule has 0 atom stereocenters. The van der Waals surface area contributed by atoms with Crippen LogP contribution in [-0.2, 0) is 13.0 Å². The molecule has 0 aliphatic carbocycles. The van der Waals surface area contributed by atoms with Gasteiger partial charge in [0.15, 0.2) is 5.16 Å². The molecule has 0 aromatic carbocycles. The van der Waals surface area contributed by atoms with Crippen molar-refractivity contribution in [1.29, 1.82) is 0 Å². The standard InChI is InChI=1S/C14H19N5OS/c1-5-7-18-12(6-2)15-16-14(18)21-9-13(20)19-11(4)8-10(3)17-19/h5,8H,1,6-7,9H2,2-4H3. The largest absolute Gasteiger partial charge is 0.302 e. The Balaban J connectivity index is 2.09. The van der Waals surface area contributed by atoms with Gasteiger partial charge < -0.3 is 4.57 Å². The van der Waals surface area contributed by atoms with Crippen molar-refractivity contribution in [1.82, 2.24) is 24.5 Å². The van der Waals surface area contributed by atoms with Gasteiger partial charge in [-0.1, -0.05) is 24.8 Å². The minimum Gasteiger partial charge on any atom is -0.302 e. The second kappa shape index (κ2) is 6.71. The maximum Gasteiger partial charge on any atom is 0.257 e. The molecule has 2 rings (SSSR count). The van der Waals surface area contributed by atoms with Crippen LogP contribution in [0.3, 0.4) is 0 Å². The molecule has 0 fully saturated rings. The third kappa shape index (κ3) is 3.41. The first-order valence-corrected chi connectivity index (χ1v) is 7.77. The van der Waals surface area contributed by atoms with Crippen molar-refractivity contribution in [2.45, 2.75) is 38.9 Å². The average Bonchev–Trinajstić information content (AvgIpc) is 2.99. The highest BCUT2D eigenvalue weighted by Gasteiger charge is 2.15. The smallest absolute Gasteiger partial charge is 0.257 e. The van der Waals surface area contributed by atoms with Gasteiger partial charge in [-0.15, -0.1) is 16.8 Å². The van der Waals surface area contributed by atoms with Gasteiger partial charge in [0.1, 0.15) is 5.82 Å². The van der Waals surface area contributed by atoms with E-state index in [1.807, 2.05) is 31.4 Å². The lowest BCUT2D eigenvalue weighted by atomic mass is 10.4. The Morgan fingerprint density at radius 2 is 2.19 bits per heavy atom. The Morgan fingerprint density at radius 1 is 1.43 bits per heavy atom. The molecule has 2 aromatic heterocycles. The summed E-state index contributed by atoms with van der Waals surface area (Å²) in [5, 5.41) is 13.2. The van der Waals surface area contributed by atoms with Gasteiger partial charge in [0.25, 0.3) is 5.91 Å². The number of aryl methyl sites for hydroxylation is 3. The van der Waals surface area contributed by atoms with Gasteiger partial charge >= 0.3 is 0 Å². The van der Waals surface area contributed by atoms with E-state index in [2.05, 4.69) is 21.9 Å². The number of nitrogens with zero attached hydrogens (tertiary/aromatic N) is 5. The topological polar surface area (TPSA) is 65.6 Å². The highest BCUT2D eigenvalue weighted by Crippen LogP contribution is 2.18. The van der Waals surface area contributed by atoms with Gasteiger partial charge in [0.2, 0.25) is 0 Å². The fraction of sp³-hybridized carbons (Fsp3) is 0.429. The lowest BCUT2D eigenvalue weighted by Gasteiger charge is -2.06. The zero-order valence-electron chi connectivity index (χ0n) is 12.5. The second-order valence-corrected chi connectivity index (χ2v) is 5.62. The Hall–Kier alpha value is -1.89. The molecule has 0 aliphatic rings. The zero-order chi connectivity index (χ0) is 15.4. The molecule has 0 spiro atoms. The molecular weight excluding hydrogens is 286 g/mol. The van der Waals surface area contributed by atoms with Crippen LogP contribution in [0.25, 0.3) is 0 Å². The number of hydrogen-bond acceptors (Lipinski definition) is 5. The minimum atomic E-state index is -0.0585. The van der Waals surface area contributed by atoms with Crippen LogP contribution >= 0.6 is 11.8 Å². The number of carbonyl (C=O) groups excluding carboxylic acids is 1. The summed E-state index contributed by atoms with van der Waals surface area (Å²) in [6.07, 6.45) is 2.60. The molecule has 0 amide bonds. The van der Waals surface area contributed by atoms with E-state index in [-0.39, 0.29) is 11.7 Å². The third-order valence-electron chi connectivity index (χ3n) is 2.99. The Bertz CT molecular complexity index is 658. The molecule has 0 aliphatic heterocycles. The van der Waals surface area contributed by atoms with Crippen molar-refractivity contribution in [3.63, 3.8) is 0 Å². The second-order valence-electron chi connectivity index (χ2n) is 4.67. The molecule has 0 N–H and O–H groups in total. The van der Waals surface area contributed by atoms with Crippen molar-refractivity contribution >= 4 is 17.7 Å². The van der Waals surface area contributed by atoms with Crippen LogP contribution in [0.5, 0.6) is 0 Å². The number of allylic oxidation sites excluding steroid dienone is 1. The Morgan fingerprint density at radius 3 is 2.76 bits per heavy atom. The summed E-state index contributed by atoms with van der Waals surface area (Å²) in [7, 11) is 0. The Kier molecular flexibility index (Phi) is 4.95. The highest BCUT2D eigenvalue weighted by molar-refractivity contribution is 7.99. The van der Waals surface area contributed by atoms with Crippen LogP contribution in [0.1, 0.15) is 28.9 Å². The predicted molar refractivity (Wildman–Crippen MR) is 82.6 cm³/mol. The summed E-state index contributed by atoms with van der Waals surface area (Å²) >= 11 is 1.38. The Labute approximate surface area is 128 Å². The van der Waals surface area contributed by atoms with E-state index < -0.39 is 0 Å². The third-order valence-corrected chi connectivity index (χ3v) is 3.94. The lowest BCUT2D eigenvalue weighted by molar-refractivity contribution is 0.0924. The molecule has 21 heavy (non-hydrogen) atoms. The van der Waals surface area contributed by atoms with Crippen LogP contribution < -0.4 is 0 Å². The average molecular weight is 305 g/mol. The molecule has 0 unspecified atom stereocenters. The molecule has 2 aromatic rings.